The second-order valence-corrected chi connectivity index (χ2v) is 2.93. The number of carbonyl (C=O) groups excluding carboxylic acids is 1. The van der Waals surface area contributed by atoms with Gasteiger partial charge in [-0.05, 0) is 12.3 Å². The van der Waals surface area contributed by atoms with Gasteiger partial charge in [0.25, 0.3) is 0 Å². The smallest absolute Gasteiger partial charge is 0.133 e. The van der Waals surface area contributed by atoms with Crippen LogP contribution in [0, 0.1) is 5.92 Å². The molecule has 10 heavy (non-hydrogen) atoms. The lowest BCUT2D eigenvalue weighted by atomic mass is 10.0. The highest BCUT2D eigenvalue weighted by atomic mass is 19.1. The van der Waals surface area contributed by atoms with Crippen molar-refractivity contribution in [3.63, 3.8) is 0 Å². The van der Waals surface area contributed by atoms with Gasteiger partial charge in [-0.15, -0.1) is 0 Å². The highest BCUT2D eigenvalue weighted by Crippen LogP contribution is 2.04. The monoisotopic (exact) mass is 146 g/mol. The first kappa shape index (κ1) is 9.60. The third-order valence-corrected chi connectivity index (χ3v) is 1.23. The van der Waals surface area contributed by atoms with Gasteiger partial charge in [-0.1, -0.05) is 13.8 Å². The Morgan fingerprint density at radius 2 is 2.10 bits per heavy atom. The molecule has 0 aliphatic carbocycles. The molecule has 0 aromatic carbocycles. The fourth-order valence-electron chi connectivity index (χ4n) is 0.821. The summed E-state index contributed by atoms with van der Waals surface area (Å²) in [6.07, 6.45) is 1.40. The van der Waals surface area contributed by atoms with E-state index in [1.54, 1.807) is 0 Å². The maximum absolute atomic E-state index is 11.5. The molecule has 0 radical (unpaired) electrons. The first-order valence-corrected chi connectivity index (χ1v) is 3.74. The van der Waals surface area contributed by atoms with Crippen LogP contribution in [0.3, 0.4) is 0 Å². The Hall–Kier alpha value is -0.400. The van der Waals surface area contributed by atoms with Crippen LogP contribution in [-0.4, -0.2) is 12.5 Å². The second-order valence-electron chi connectivity index (χ2n) is 2.93. The van der Waals surface area contributed by atoms with E-state index in [4.69, 9.17) is 0 Å². The summed E-state index contributed by atoms with van der Waals surface area (Å²) in [7, 11) is 0. The Kier molecular flexibility index (Phi) is 5.17. The molecule has 0 N–H and O–H groups in total. The summed E-state index contributed by atoms with van der Waals surface area (Å²) in [5, 5.41) is 0. The first-order valence-electron chi connectivity index (χ1n) is 3.74. The number of ketones is 1. The van der Waals surface area contributed by atoms with Crippen LogP contribution >= 0.6 is 0 Å². The summed E-state index contributed by atoms with van der Waals surface area (Å²) in [6, 6.07) is 0. The number of hydrogen-bond donors (Lipinski definition) is 0. The number of halogens is 1. The van der Waals surface area contributed by atoms with E-state index in [1.165, 1.54) is 0 Å². The molecular weight excluding hydrogens is 131 g/mol. The molecular formula is C8H15FO. The van der Waals surface area contributed by atoms with E-state index in [2.05, 4.69) is 0 Å². The molecule has 0 aromatic heterocycles. The first-order chi connectivity index (χ1) is 4.66. The summed E-state index contributed by atoms with van der Waals surface area (Å²) >= 11 is 0. The Bertz CT molecular complexity index is 99.4. The molecule has 0 unspecified atom stereocenters. The Morgan fingerprint density at radius 3 is 2.50 bits per heavy atom. The normalized spacial score (nSPS) is 10.4. The van der Waals surface area contributed by atoms with Crippen LogP contribution in [0.2, 0.25) is 0 Å². The van der Waals surface area contributed by atoms with Gasteiger partial charge in [-0.2, -0.15) is 0 Å². The van der Waals surface area contributed by atoms with Crippen molar-refractivity contribution in [2.75, 3.05) is 6.67 Å². The van der Waals surface area contributed by atoms with E-state index in [-0.39, 0.29) is 12.5 Å². The van der Waals surface area contributed by atoms with Crippen molar-refractivity contribution < 1.29 is 9.18 Å². The van der Waals surface area contributed by atoms with Gasteiger partial charge in [0.2, 0.25) is 0 Å². The van der Waals surface area contributed by atoms with Crippen molar-refractivity contribution in [1.82, 2.24) is 0 Å². The molecule has 60 valence electrons. The minimum Gasteiger partial charge on any atom is -0.300 e. The van der Waals surface area contributed by atoms with Crippen molar-refractivity contribution in [3.8, 4) is 0 Å². The van der Waals surface area contributed by atoms with Crippen molar-refractivity contribution in [3.05, 3.63) is 0 Å². The molecule has 0 saturated carbocycles. The maximum Gasteiger partial charge on any atom is 0.133 e. The molecule has 0 rings (SSSR count). The number of carbonyl (C=O) groups is 1. The number of Topliss-reactive ketones (excluding diaryl/α,β-unsaturated/α-hetero) is 1. The number of alkyl halides is 1. The molecule has 0 aromatic rings. The van der Waals surface area contributed by atoms with E-state index >= 15 is 0 Å². The maximum atomic E-state index is 11.5. The fraction of sp³-hybridized carbons (Fsp3) is 0.875. The Balaban J connectivity index is 3.26. The van der Waals surface area contributed by atoms with Gasteiger partial charge in [0.05, 0.1) is 6.67 Å². The van der Waals surface area contributed by atoms with Gasteiger partial charge in [-0.3, -0.25) is 9.18 Å². The molecule has 1 nitrogen and oxygen atoms in total. The average Bonchev–Trinajstić information content (AvgIpc) is 1.82. The van der Waals surface area contributed by atoms with Gasteiger partial charge in [0, 0.05) is 12.8 Å². The van der Waals surface area contributed by atoms with Crippen LogP contribution in [0.4, 0.5) is 4.39 Å². The summed E-state index contributed by atoms with van der Waals surface area (Å²) in [5.41, 5.74) is 0. The summed E-state index contributed by atoms with van der Waals surface area (Å²) in [6.45, 7) is 3.62. The van der Waals surface area contributed by atoms with Crippen molar-refractivity contribution >= 4 is 5.78 Å². The van der Waals surface area contributed by atoms with Gasteiger partial charge < -0.3 is 0 Å². The SMILES string of the molecule is CC(C)CC(=O)CCCF. The molecule has 0 bridgehead atoms. The third kappa shape index (κ3) is 5.73. The van der Waals surface area contributed by atoms with Crippen LogP contribution in [0.25, 0.3) is 0 Å². The highest BCUT2D eigenvalue weighted by molar-refractivity contribution is 5.78. The van der Waals surface area contributed by atoms with Crippen LogP contribution < -0.4 is 0 Å². The Labute approximate surface area is 61.6 Å². The zero-order chi connectivity index (χ0) is 7.98. The molecule has 0 amide bonds. The van der Waals surface area contributed by atoms with E-state index in [0.717, 1.165) is 0 Å². The lowest BCUT2D eigenvalue weighted by Crippen LogP contribution is -2.02. The largest absolute Gasteiger partial charge is 0.300 e. The van der Waals surface area contributed by atoms with Gasteiger partial charge in [-0.25, -0.2) is 0 Å². The van der Waals surface area contributed by atoms with Gasteiger partial charge in [0.15, 0.2) is 0 Å². The van der Waals surface area contributed by atoms with E-state index < -0.39 is 0 Å². The quantitative estimate of drug-likeness (QED) is 0.582. The van der Waals surface area contributed by atoms with Crippen molar-refractivity contribution in [2.24, 2.45) is 5.92 Å². The summed E-state index contributed by atoms with van der Waals surface area (Å²) in [4.78, 5) is 10.8. The molecule has 0 spiro atoms. The highest BCUT2D eigenvalue weighted by Gasteiger charge is 2.03. The van der Waals surface area contributed by atoms with E-state index in [1.807, 2.05) is 13.8 Å². The van der Waals surface area contributed by atoms with Gasteiger partial charge in [0.1, 0.15) is 5.78 Å². The molecule has 0 aliphatic heterocycles. The van der Waals surface area contributed by atoms with E-state index in [0.29, 0.717) is 25.2 Å². The van der Waals surface area contributed by atoms with Gasteiger partial charge >= 0.3 is 0 Å². The van der Waals surface area contributed by atoms with Crippen molar-refractivity contribution in [2.45, 2.75) is 33.1 Å². The lowest BCUT2D eigenvalue weighted by Gasteiger charge is -2.01. The summed E-state index contributed by atoms with van der Waals surface area (Å²) in [5.74, 6) is 0.597. The standard InChI is InChI=1S/C8H15FO/c1-7(2)6-8(10)4-3-5-9/h7H,3-6H2,1-2H3. The molecule has 0 heterocycles. The zero-order valence-corrected chi connectivity index (χ0v) is 6.69. The van der Waals surface area contributed by atoms with Crippen LogP contribution in [0.1, 0.15) is 33.1 Å². The average molecular weight is 146 g/mol. The minimum atomic E-state index is -0.371. The fourth-order valence-corrected chi connectivity index (χ4v) is 0.821. The van der Waals surface area contributed by atoms with Crippen molar-refractivity contribution in [1.29, 1.82) is 0 Å². The predicted octanol–water partition coefficient (Wildman–Crippen LogP) is 2.35. The molecule has 0 atom stereocenters. The molecule has 2 heteroatoms. The topological polar surface area (TPSA) is 17.1 Å². The third-order valence-electron chi connectivity index (χ3n) is 1.23. The molecule has 0 aliphatic rings. The van der Waals surface area contributed by atoms with E-state index in [9.17, 15) is 9.18 Å². The van der Waals surface area contributed by atoms with Crippen LogP contribution in [0.5, 0.6) is 0 Å². The lowest BCUT2D eigenvalue weighted by molar-refractivity contribution is -0.119. The zero-order valence-electron chi connectivity index (χ0n) is 6.69. The number of hydrogen-bond acceptors (Lipinski definition) is 1. The predicted molar refractivity (Wildman–Crippen MR) is 39.7 cm³/mol. The van der Waals surface area contributed by atoms with Crippen LogP contribution in [-0.2, 0) is 4.79 Å². The van der Waals surface area contributed by atoms with Crippen LogP contribution in [0.15, 0.2) is 0 Å². The molecule has 0 fully saturated rings. The summed E-state index contributed by atoms with van der Waals surface area (Å²) < 4.78 is 11.5. The Morgan fingerprint density at radius 1 is 1.50 bits per heavy atom. The second kappa shape index (κ2) is 5.39. The minimum absolute atomic E-state index is 0.188. The molecule has 0 saturated heterocycles. The number of rotatable bonds is 5.